The molecule has 0 aliphatic heterocycles. The highest BCUT2D eigenvalue weighted by Crippen LogP contribution is 2.12. The van der Waals surface area contributed by atoms with Gasteiger partial charge in [-0.05, 0) is 30.3 Å². The van der Waals surface area contributed by atoms with E-state index in [-0.39, 0.29) is 37.1 Å². The van der Waals surface area contributed by atoms with Crippen molar-refractivity contribution in [1.29, 1.82) is 0 Å². The van der Waals surface area contributed by atoms with Crippen molar-refractivity contribution in [2.75, 3.05) is 13.7 Å². The Kier molecular flexibility index (Phi) is 5.47. The Balaban J connectivity index is 1.79. The highest BCUT2D eigenvalue weighted by molar-refractivity contribution is 5.76. The molecule has 0 saturated heterocycles. The topological polar surface area (TPSA) is 29.5 Å². The van der Waals surface area contributed by atoms with Crippen LogP contribution in [0.5, 0.6) is 5.75 Å². The minimum Gasteiger partial charge on any atom is -0.493 e. The fraction of sp³-hybridized carbons (Fsp3) is 0.235. The van der Waals surface area contributed by atoms with Gasteiger partial charge in [0.2, 0.25) is 5.91 Å². The molecule has 0 unspecified atom stereocenters. The molecule has 5 heteroatoms. The van der Waals surface area contributed by atoms with E-state index in [1.54, 1.807) is 25.2 Å². The molecule has 0 aromatic heterocycles. The first-order chi connectivity index (χ1) is 10.6. The fourth-order valence-electron chi connectivity index (χ4n) is 1.95. The Hall–Kier alpha value is -2.43. The van der Waals surface area contributed by atoms with Gasteiger partial charge in [0.05, 0.1) is 13.0 Å². The molecular formula is C17H17F2NO2. The molecule has 0 aliphatic rings. The van der Waals surface area contributed by atoms with Crippen LogP contribution in [0.4, 0.5) is 8.78 Å². The summed E-state index contributed by atoms with van der Waals surface area (Å²) in [5, 5.41) is 0. The maximum atomic E-state index is 13.5. The lowest BCUT2D eigenvalue weighted by atomic mass is 10.2. The van der Waals surface area contributed by atoms with E-state index in [9.17, 15) is 13.6 Å². The second-order valence-corrected chi connectivity index (χ2v) is 4.89. The lowest BCUT2D eigenvalue weighted by molar-refractivity contribution is -0.130. The number of hydrogen-bond acceptors (Lipinski definition) is 2. The van der Waals surface area contributed by atoms with E-state index in [2.05, 4.69) is 0 Å². The highest BCUT2D eigenvalue weighted by atomic mass is 19.1. The first-order valence-corrected chi connectivity index (χ1v) is 6.92. The maximum Gasteiger partial charge on any atom is 0.226 e. The molecular weight excluding hydrogens is 288 g/mol. The van der Waals surface area contributed by atoms with Crippen LogP contribution in [-0.2, 0) is 11.3 Å². The first kappa shape index (κ1) is 15.9. The zero-order valence-electron chi connectivity index (χ0n) is 12.3. The largest absolute Gasteiger partial charge is 0.493 e. The molecule has 0 spiro atoms. The Morgan fingerprint density at radius 2 is 1.77 bits per heavy atom. The van der Waals surface area contributed by atoms with E-state index in [1.807, 2.05) is 0 Å². The Bertz CT molecular complexity index is 629. The number of amides is 1. The Morgan fingerprint density at radius 1 is 1.09 bits per heavy atom. The predicted octanol–water partition coefficient (Wildman–Crippen LogP) is 3.39. The van der Waals surface area contributed by atoms with Gasteiger partial charge in [-0.3, -0.25) is 4.79 Å². The molecule has 0 aliphatic carbocycles. The summed E-state index contributed by atoms with van der Waals surface area (Å²) in [5.74, 6) is -0.311. The third-order valence-electron chi connectivity index (χ3n) is 3.19. The van der Waals surface area contributed by atoms with Crippen molar-refractivity contribution in [1.82, 2.24) is 4.90 Å². The minimum absolute atomic E-state index is 0.148. The van der Waals surface area contributed by atoms with Gasteiger partial charge in [0.1, 0.15) is 17.4 Å². The van der Waals surface area contributed by atoms with Gasteiger partial charge in [-0.2, -0.15) is 0 Å². The number of carbonyl (C=O) groups is 1. The Labute approximate surface area is 128 Å². The lowest BCUT2D eigenvalue weighted by Crippen LogP contribution is -2.27. The van der Waals surface area contributed by atoms with E-state index in [0.29, 0.717) is 11.3 Å². The van der Waals surface area contributed by atoms with E-state index in [4.69, 9.17) is 4.74 Å². The van der Waals surface area contributed by atoms with Crippen LogP contribution in [0, 0.1) is 11.6 Å². The second kappa shape index (κ2) is 7.54. The zero-order chi connectivity index (χ0) is 15.9. The summed E-state index contributed by atoms with van der Waals surface area (Å²) in [5.41, 5.74) is 0.470. The number of halogens is 2. The molecule has 3 nitrogen and oxygen atoms in total. The standard InChI is InChI=1S/C17H17F2NO2/c1-20(12-13-4-2-3-5-16(13)19)17(21)10-11-22-15-8-6-14(18)7-9-15/h2-9H,10-12H2,1H3. The summed E-state index contributed by atoms with van der Waals surface area (Å²) in [4.78, 5) is 13.4. The molecule has 2 rings (SSSR count). The predicted molar refractivity (Wildman–Crippen MR) is 79.4 cm³/mol. The highest BCUT2D eigenvalue weighted by Gasteiger charge is 2.11. The molecule has 0 bridgehead atoms. The summed E-state index contributed by atoms with van der Waals surface area (Å²) in [7, 11) is 1.62. The van der Waals surface area contributed by atoms with E-state index < -0.39 is 0 Å². The van der Waals surface area contributed by atoms with Gasteiger partial charge >= 0.3 is 0 Å². The van der Waals surface area contributed by atoms with E-state index in [0.717, 1.165) is 0 Å². The molecule has 0 radical (unpaired) electrons. The van der Waals surface area contributed by atoms with Crippen molar-refractivity contribution in [3.8, 4) is 5.75 Å². The van der Waals surface area contributed by atoms with Crippen molar-refractivity contribution in [2.24, 2.45) is 0 Å². The van der Waals surface area contributed by atoms with Crippen LogP contribution in [0.3, 0.4) is 0 Å². The normalized spacial score (nSPS) is 10.3. The van der Waals surface area contributed by atoms with E-state index >= 15 is 0 Å². The van der Waals surface area contributed by atoms with Gasteiger partial charge < -0.3 is 9.64 Å². The summed E-state index contributed by atoms with van der Waals surface area (Å²) in [6, 6.07) is 11.9. The Morgan fingerprint density at radius 3 is 2.45 bits per heavy atom. The molecule has 2 aromatic rings. The number of hydrogen-bond donors (Lipinski definition) is 0. The fourth-order valence-corrected chi connectivity index (χ4v) is 1.95. The number of carbonyl (C=O) groups excluding carboxylic acids is 1. The molecule has 0 N–H and O–H groups in total. The van der Waals surface area contributed by atoms with Crippen LogP contribution in [0.25, 0.3) is 0 Å². The third-order valence-corrected chi connectivity index (χ3v) is 3.19. The average molecular weight is 305 g/mol. The monoisotopic (exact) mass is 305 g/mol. The smallest absolute Gasteiger partial charge is 0.226 e. The van der Waals surface area contributed by atoms with Crippen molar-refractivity contribution in [3.05, 3.63) is 65.7 Å². The van der Waals surface area contributed by atoms with E-state index in [1.165, 1.54) is 35.2 Å². The number of ether oxygens (including phenoxy) is 1. The molecule has 0 atom stereocenters. The van der Waals surface area contributed by atoms with Crippen LogP contribution in [0.15, 0.2) is 48.5 Å². The van der Waals surface area contributed by atoms with Crippen LogP contribution in [0.1, 0.15) is 12.0 Å². The molecule has 2 aromatic carbocycles. The molecule has 0 saturated carbocycles. The third kappa shape index (κ3) is 4.55. The molecule has 1 amide bonds. The summed E-state index contributed by atoms with van der Waals surface area (Å²) < 4.78 is 31.6. The minimum atomic E-state index is -0.340. The molecule has 0 fully saturated rings. The zero-order valence-corrected chi connectivity index (χ0v) is 12.3. The number of benzene rings is 2. The van der Waals surface area contributed by atoms with Gasteiger partial charge in [0.25, 0.3) is 0 Å². The van der Waals surface area contributed by atoms with Crippen LogP contribution >= 0.6 is 0 Å². The van der Waals surface area contributed by atoms with Gasteiger partial charge in [-0.1, -0.05) is 18.2 Å². The SMILES string of the molecule is CN(Cc1ccccc1F)C(=O)CCOc1ccc(F)cc1. The average Bonchev–Trinajstić information content (AvgIpc) is 2.51. The summed E-state index contributed by atoms with van der Waals surface area (Å²) in [6.07, 6.45) is 0.169. The van der Waals surface area contributed by atoms with Crippen LogP contribution < -0.4 is 4.74 Å². The maximum absolute atomic E-state index is 13.5. The molecule has 116 valence electrons. The van der Waals surface area contributed by atoms with Crippen LogP contribution in [-0.4, -0.2) is 24.5 Å². The van der Waals surface area contributed by atoms with Gasteiger partial charge in [-0.15, -0.1) is 0 Å². The number of rotatable bonds is 6. The van der Waals surface area contributed by atoms with Gasteiger partial charge in [0, 0.05) is 19.2 Å². The summed E-state index contributed by atoms with van der Waals surface area (Å²) in [6.45, 7) is 0.397. The van der Waals surface area contributed by atoms with Crippen molar-refractivity contribution in [3.63, 3.8) is 0 Å². The molecule has 0 heterocycles. The number of nitrogens with zero attached hydrogens (tertiary/aromatic N) is 1. The van der Waals surface area contributed by atoms with Crippen molar-refractivity contribution in [2.45, 2.75) is 13.0 Å². The first-order valence-electron chi connectivity index (χ1n) is 6.92. The van der Waals surface area contributed by atoms with Crippen molar-refractivity contribution >= 4 is 5.91 Å². The van der Waals surface area contributed by atoms with Gasteiger partial charge in [0.15, 0.2) is 0 Å². The lowest BCUT2D eigenvalue weighted by Gasteiger charge is -2.17. The second-order valence-electron chi connectivity index (χ2n) is 4.89. The summed E-state index contributed by atoms with van der Waals surface area (Å²) >= 11 is 0. The van der Waals surface area contributed by atoms with Gasteiger partial charge in [-0.25, -0.2) is 8.78 Å². The quantitative estimate of drug-likeness (QED) is 0.818. The van der Waals surface area contributed by atoms with Crippen molar-refractivity contribution < 1.29 is 18.3 Å². The van der Waals surface area contributed by atoms with Crippen LogP contribution in [0.2, 0.25) is 0 Å². The molecule has 22 heavy (non-hydrogen) atoms.